The first-order chi connectivity index (χ1) is 6.60. The van der Waals surface area contributed by atoms with Gasteiger partial charge in [0, 0.05) is 11.3 Å². The Labute approximate surface area is 90.9 Å². The van der Waals surface area contributed by atoms with Gasteiger partial charge in [0.2, 0.25) is 0 Å². The molecule has 0 saturated heterocycles. The molecule has 0 aromatic rings. The average Bonchev–Trinajstić information content (AvgIpc) is 2.15. The molecule has 14 heavy (non-hydrogen) atoms. The van der Waals surface area contributed by atoms with E-state index in [0.29, 0.717) is 6.04 Å². The van der Waals surface area contributed by atoms with Crippen LogP contribution in [0.1, 0.15) is 27.2 Å². The molecule has 0 radical (unpaired) electrons. The zero-order valence-electron chi connectivity index (χ0n) is 9.16. The normalized spacial score (nSPS) is 15.1. The Bertz CT molecular complexity index is 179. The zero-order chi connectivity index (χ0) is 11.0. The van der Waals surface area contributed by atoms with Crippen molar-refractivity contribution in [3.8, 4) is 6.07 Å². The summed E-state index contributed by atoms with van der Waals surface area (Å²) in [7, 11) is 0. The molecule has 0 aromatic heterocycles. The number of hydrogen-bond acceptors (Lipinski definition) is 4. The second-order valence-corrected chi connectivity index (χ2v) is 5.20. The molecule has 0 bridgehead atoms. The molecule has 82 valence electrons. The van der Waals surface area contributed by atoms with Gasteiger partial charge in [-0.25, -0.2) is 0 Å². The van der Waals surface area contributed by atoms with Gasteiger partial charge in [-0.2, -0.15) is 17.0 Å². The molecule has 0 rings (SSSR count). The molecule has 0 heterocycles. The van der Waals surface area contributed by atoms with E-state index >= 15 is 0 Å². The number of hydrogen-bond donors (Lipinski definition) is 2. The maximum Gasteiger partial charge on any atom is 0.0962 e. The van der Waals surface area contributed by atoms with Gasteiger partial charge in [-0.3, -0.25) is 5.32 Å². The van der Waals surface area contributed by atoms with Crippen LogP contribution in [-0.2, 0) is 0 Å². The quantitative estimate of drug-likeness (QED) is 0.675. The van der Waals surface area contributed by atoms with Crippen LogP contribution < -0.4 is 5.32 Å². The van der Waals surface area contributed by atoms with Gasteiger partial charge in [0.1, 0.15) is 0 Å². The van der Waals surface area contributed by atoms with Crippen molar-refractivity contribution in [2.75, 3.05) is 12.4 Å². The van der Waals surface area contributed by atoms with Crippen LogP contribution in [-0.4, -0.2) is 34.8 Å². The lowest BCUT2D eigenvalue weighted by Gasteiger charge is -2.15. The smallest absolute Gasteiger partial charge is 0.0962 e. The van der Waals surface area contributed by atoms with Gasteiger partial charge >= 0.3 is 0 Å². The zero-order valence-corrected chi connectivity index (χ0v) is 9.97. The molecular weight excluding hydrogens is 196 g/mol. The molecule has 2 unspecified atom stereocenters. The average molecular weight is 216 g/mol. The monoisotopic (exact) mass is 216 g/mol. The first-order valence-corrected chi connectivity index (χ1v) is 6.03. The van der Waals surface area contributed by atoms with E-state index in [1.165, 1.54) is 0 Å². The number of aliphatic hydroxyl groups excluding tert-OH is 1. The number of nitriles is 1. The minimum absolute atomic E-state index is 0.0617. The van der Waals surface area contributed by atoms with Crippen LogP contribution >= 0.6 is 11.8 Å². The van der Waals surface area contributed by atoms with E-state index in [2.05, 4.69) is 11.4 Å². The SMILES string of the molecule is CC(C)NC(C#N)CCSC(C)CO. The number of rotatable bonds is 7. The van der Waals surface area contributed by atoms with Crippen LogP contribution in [0.4, 0.5) is 0 Å². The van der Waals surface area contributed by atoms with Crippen molar-refractivity contribution in [2.45, 2.75) is 44.5 Å². The summed E-state index contributed by atoms with van der Waals surface area (Å²) in [5.74, 6) is 0.916. The maximum atomic E-state index is 8.83. The summed E-state index contributed by atoms with van der Waals surface area (Å²) in [6, 6.07) is 2.52. The minimum Gasteiger partial charge on any atom is -0.395 e. The summed E-state index contributed by atoms with van der Waals surface area (Å²) >= 11 is 1.71. The van der Waals surface area contributed by atoms with Crippen molar-refractivity contribution >= 4 is 11.8 Å². The minimum atomic E-state index is -0.0617. The molecule has 3 nitrogen and oxygen atoms in total. The van der Waals surface area contributed by atoms with Crippen molar-refractivity contribution in [2.24, 2.45) is 0 Å². The highest BCUT2D eigenvalue weighted by atomic mass is 32.2. The molecule has 0 aromatic carbocycles. The molecule has 2 atom stereocenters. The molecule has 0 aliphatic carbocycles. The molecule has 0 fully saturated rings. The Morgan fingerprint density at radius 3 is 2.50 bits per heavy atom. The molecule has 2 N–H and O–H groups in total. The lowest BCUT2D eigenvalue weighted by molar-refractivity contribution is 0.300. The van der Waals surface area contributed by atoms with Crippen LogP contribution in [0.25, 0.3) is 0 Å². The van der Waals surface area contributed by atoms with Gasteiger partial charge in [0.25, 0.3) is 0 Å². The molecular formula is C10H20N2OS. The third-order valence-electron chi connectivity index (χ3n) is 1.76. The largest absolute Gasteiger partial charge is 0.395 e. The van der Waals surface area contributed by atoms with E-state index in [1.807, 2.05) is 20.8 Å². The number of thioether (sulfide) groups is 1. The third-order valence-corrected chi connectivity index (χ3v) is 2.95. The highest BCUT2D eigenvalue weighted by molar-refractivity contribution is 7.99. The summed E-state index contributed by atoms with van der Waals surface area (Å²) in [5.41, 5.74) is 0. The Morgan fingerprint density at radius 1 is 1.43 bits per heavy atom. The molecule has 0 spiro atoms. The second-order valence-electron chi connectivity index (χ2n) is 3.66. The van der Waals surface area contributed by atoms with E-state index in [4.69, 9.17) is 10.4 Å². The fourth-order valence-corrected chi connectivity index (χ4v) is 1.91. The number of nitrogens with zero attached hydrogens (tertiary/aromatic N) is 1. The van der Waals surface area contributed by atoms with E-state index < -0.39 is 0 Å². The predicted molar refractivity (Wildman–Crippen MR) is 61.3 cm³/mol. The highest BCUT2D eigenvalue weighted by Crippen LogP contribution is 2.11. The van der Waals surface area contributed by atoms with Gasteiger partial charge in [-0.1, -0.05) is 6.92 Å². The first kappa shape index (κ1) is 13.8. The first-order valence-electron chi connectivity index (χ1n) is 4.98. The molecule has 0 aliphatic rings. The van der Waals surface area contributed by atoms with Gasteiger partial charge < -0.3 is 5.11 Å². The van der Waals surface area contributed by atoms with Gasteiger partial charge in [-0.15, -0.1) is 0 Å². The third kappa shape index (κ3) is 7.19. The van der Waals surface area contributed by atoms with Crippen molar-refractivity contribution in [3.63, 3.8) is 0 Å². The Kier molecular flexibility index (Phi) is 7.96. The standard InChI is InChI=1S/C10H20N2OS/c1-8(2)12-10(6-11)4-5-14-9(3)7-13/h8-10,12-13H,4-5,7H2,1-3H3. The Balaban J connectivity index is 3.59. The fourth-order valence-electron chi connectivity index (χ4n) is 1.03. The molecule has 4 heteroatoms. The van der Waals surface area contributed by atoms with Gasteiger partial charge in [-0.05, 0) is 26.0 Å². The second kappa shape index (κ2) is 8.10. The summed E-state index contributed by atoms with van der Waals surface area (Å²) in [4.78, 5) is 0. The van der Waals surface area contributed by atoms with E-state index in [-0.39, 0.29) is 17.9 Å². The van der Waals surface area contributed by atoms with Gasteiger partial charge in [0.15, 0.2) is 0 Å². The number of nitrogens with one attached hydrogen (secondary N) is 1. The van der Waals surface area contributed by atoms with Crippen LogP contribution in [0.3, 0.4) is 0 Å². The van der Waals surface area contributed by atoms with E-state index in [1.54, 1.807) is 11.8 Å². The summed E-state index contributed by atoms with van der Waals surface area (Å²) in [6.45, 7) is 6.27. The topological polar surface area (TPSA) is 56.0 Å². The maximum absolute atomic E-state index is 8.83. The van der Waals surface area contributed by atoms with Crippen molar-refractivity contribution in [3.05, 3.63) is 0 Å². The molecule has 0 saturated carbocycles. The van der Waals surface area contributed by atoms with Crippen LogP contribution in [0.15, 0.2) is 0 Å². The van der Waals surface area contributed by atoms with Crippen LogP contribution in [0, 0.1) is 11.3 Å². The lowest BCUT2D eigenvalue weighted by atomic mass is 10.2. The molecule has 0 aliphatic heterocycles. The summed E-state index contributed by atoms with van der Waals surface area (Å²) in [6.07, 6.45) is 0.837. The predicted octanol–water partition coefficient (Wildman–Crippen LogP) is 1.38. The summed E-state index contributed by atoms with van der Waals surface area (Å²) in [5, 5.41) is 21.1. The van der Waals surface area contributed by atoms with Crippen molar-refractivity contribution < 1.29 is 5.11 Å². The Hall–Kier alpha value is -0.240. The lowest BCUT2D eigenvalue weighted by Crippen LogP contribution is -2.34. The van der Waals surface area contributed by atoms with Gasteiger partial charge in [0.05, 0.1) is 18.7 Å². The van der Waals surface area contributed by atoms with Crippen LogP contribution in [0.2, 0.25) is 0 Å². The Morgan fingerprint density at radius 2 is 2.07 bits per heavy atom. The van der Waals surface area contributed by atoms with Crippen molar-refractivity contribution in [1.29, 1.82) is 5.26 Å². The van der Waals surface area contributed by atoms with Crippen LogP contribution in [0.5, 0.6) is 0 Å². The van der Waals surface area contributed by atoms with Crippen molar-refractivity contribution in [1.82, 2.24) is 5.32 Å². The number of aliphatic hydroxyl groups is 1. The highest BCUT2D eigenvalue weighted by Gasteiger charge is 2.09. The fraction of sp³-hybridized carbons (Fsp3) is 0.900. The molecule has 0 amide bonds. The summed E-state index contributed by atoms with van der Waals surface area (Å²) < 4.78 is 0. The van der Waals surface area contributed by atoms with E-state index in [0.717, 1.165) is 12.2 Å². The van der Waals surface area contributed by atoms with E-state index in [9.17, 15) is 0 Å².